The van der Waals surface area contributed by atoms with Gasteiger partial charge < -0.3 is 9.88 Å². The number of thioether (sulfide) groups is 1. The molecule has 0 aliphatic heterocycles. The maximum absolute atomic E-state index is 12.6. The summed E-state index contributed by atoms with van der Waals surface area (Å²) < 4.78 is 2.02. The van der Waals surface area contributed by atoms with Crippen LogP contribution in [0.4, 0.5) is 5.00 Å². The molecule has 2 aromatic rings. The van der Waals surface area contributed by atoms with E-state index < -0.39 is 0 Å². The summed E-state index contributed by atoms with van der Waals surface area (Å²) in [6.45, 7) is 0. The van der Waals surface area contributed by atoms with Crippen LogP contribution in [0, 0.1) is 17.2 Å². The summed E-state index contributed by atoms with van der Waals surface area (Å²) in [6.07, 6.45) is 14.4. The largest absolute Gasteiger partial charge is 0.316 e. The average molecular weight is 458 g/mol. The molecule has 0 bridgehead atoms. The molecule has 2 aliphatic rings. The molecule has 0 atom stereocenters. The van der Waals surface area contributed by atoms with Crippen LogP contribution in [-0.4, -0.2) is 26.4 Å². The topological polar surface area (TPSA) is 83.6 Å². The summed E-state index contributed by atoms with van der Waals surface area (Å²) in [5.74, 6) is 2.00. The molecule has 1 saturated carbocycles. The molecule has 6 nitrogen and oxygen atoms in total. The minimum Gasteiger partial charge on any atom is -0.316 e. The Balaban J connectivity index is 1.31. The molecule has 0 aromatic carbocycles. The molecule has 0 unspecified atom stereocenters. The molecule has 8 heteroatoms. The van der Waals surface area contributed by atoms with E-state index in [1.54, 1.807) is 11.3 Å². The Labute approximate surface area is 192 Å². The third-order valence-corrected chi connectivity index (χ3v) is 8.77. The van der Waals surface area contributed by atoms with Crippen LogP contribution in [0.3, 0.4) is 0 Å². The van der Waals surface area contributed by atoms with Gasteiger partial charge in [0, 0.05) is 18.3 Å². The second-order valence-electron chi connectivity index (χ2n) is 8.72. The van der Waals surface area contributed by atoms with Gasteiger partial charge in [-0.05, 0) is 43.6 Å². The predicted molar refractivity (Wildman–Crippen MR) is 126 cm³/mol. The third kappa shape index (κ3) is 5.50. The van der Waals surface area contributed by atoms with Crippen LogP contribution in [-0.2, 0) is 31.1 Å². The van der Waals surface area contributed by atoms with Gasteiger partial charge in [0.05, 0.1) is 11.3 Å². The Morgan fingerprint density at radius 2 is 1.97 bits per heavy atom. The molecular formula is C23H31N5OS2. The van der Waals surface area contributed by atoms with E-state index in [9.17, 15) is 10.1 Å². The first-order valence-electron chi connectivity index (χ1n) is 11.5. The summed E-state index contributed by atoms with van der Waals surface area (Å²) in [7, 11) is 1.99. The van der Waals surface area contributed by atoms with Crippen LogP contribution in [0.2, 0.25) is 0 Å². The number of anilines is 1. The first-order valence-corrected chi connectivity index (χ1v) is 13.3. The number of nitriles is 1. The Kier molecular flexibility index (Phi) is 7.67. The van der Waals surface area contributed by atoms with Crippen molar-refractivity contribution >= 4 is 34.0 Å². The Morgan fingerprint density at radius 1 is 1.19 bits per heavy atom. The standard InChI is InChI=1S/C23H31N5OS2/c1-28-20(13-12-16-8-4-2-5-9-16)26-27-23(28)30-15-21(29)25-22-18(14-24)17-10-6-3-7-11-19(17)31-22/h16H,2-13,15H2,1H3,(H,25,29). The number of nitrogens with one attached hydrogen (secondary N) is 1. The lowest BCUT2D eigenvalue weighted by molar-refractivity contribution is -0.113. The molecule has 1 N–H and O–H groups in total. The number of rotatable bonds is 7. The molecule has 2 aromatic heterocycles. The van der Waals surface area contributed by atoms with E-state index in [0.29, 0.717) is 10.6 Å². The van der Waals surface area contributed by atoms with Crippen LogP contribution in [0.5, 0.6) is 0 Å². The van der Waals surface area contributed by atoms with Crippen molar-refractivity contribution in [2.75, 3.05) is 11.1 Å². The molecule has 2 heterocycles. The maximum Gasteiger partial charge on any atom is 0.235 e. The van der Waals surface area contributed by atoms with Crippen molar-refractivity contribution in [1.82, 2.24) is 14.8 Å². The van der Waals surface area contributed by atoms with E-state index in [0.717, 1.165) is 54.6 Å². The summed E-state index contributed by atoms with van der Waals surface area (Å²) in [6, 6.07) is 2.33. The molecular weight excluding hydrogens is 426 g/mol. The number of aryl methyl sites for hydroxylation is 2. The van der Waals surface area contributed by atoms with Crippen molar-refractivity contribution in [2.24, 2.45) is 13.0 Å². The zero-order valence-electron chi connectivity index (χ0n) is 18.3. The van der Waals surface area contributed by atoms with Gasteiger partial charge in [-0.15, -0.1) is 21.5 Å². The fourth-order valence-electron chi connectivity index (χ4n) is 4.74. The monoisotopic (exact) mass is 457 g/mol. The summed E-state index contributed by atoms with van der Waals surface area (Å²) in [4.78, 5) is 13.9. The van der Waals surface area contributed by atoms with Crippen LogP contribution in [0.15, 0.2) is 5.16 Å². The fourth-order valence-corrected chi connectivity index (χ4v) is 6.73. The molecule has 1 fully saturated rings. The van der Waals surface area contributed by atoms with Crippen molar-refractivity contribution in [3.8, 4) is 6.07 Å². The zero-order chi connectivity index (χ0) is 21.6. The molecule has 1 amide bonds. The van der Waals surface area contributed by atoms with E-state index in [1.807, 2.05) is 11.6 Å². The Hall–Kier alpha value is -1.85. The second-order valence-corrected chi connectivity index (χ2v) is 10.8. The fraction of sp³-hybridized carbons (Fsp3) is 0.652. The normalized spacial score (nSPS) is 17.0. The number of aromatic nitrogens is 3. The van der Waals surface area contributed by atoms with E-state index in [4.69, 9.17) is 0 Å². The van der Waals surface area contributed by atoms with Gasteiger partial charge in [-0.2, -0.15) is 5.26 Å². The summed E-state index contributed by atoms with van der Waals surface area (Å²) in [5.41, 5.74) is 1.83. The lowest BCUT2D eigenvalue weighted by Gasteiger charge is -2.20. The molecule has 166 valence electrons. The van der Waals surface area contributed by atoms with Crippen LogP contribution in [0.25, 0.3) is 0 Å². The number of fused-ring (bicyclic) bond motifs is 1. The first-order chi connectivity index (χ1) is 15.2. The molecule has 31 heavy (non-hydrogen) atoms. The van der Waals surface area contributed by atoms with Gasteiger partial charge in [0.1, 0.15) is 16.9 Å². The van der Waals surface area contributed by atoms with Crippen molar-refractivity contribution in [2.45, 2.75) is 82.2 Å². The molecule has 2 aliphatic carbocycles. The number of carbonyl (C=O) groups is 1. The number of amides is 1. The summed E-state index contributed by atoms with van der Waals surface area (Å²) >= 11 is 2.99. The molecule has 0 spiro atoms. The Bertz CT molecular complexity index is 952. The first kappa shape index (κ1) is 22.3. The molecule has 0 radical (unpaired) electrons. The third-order valence-electron chi connectivity index (χ3n) is 6.54. The minimum atomic E-state index is -0.0929. The number of thiophene rings is 1. The van der Waals surface area contributed by atoms with Gasteiger partial charge in [-0.25, -0.2) is 0 Å². The lowest BCUT2D eigenvalue weighted by atomic mass is 9.86. The van der Waals surface area contributed by atoms with Gasteiger partial charge >= 0.3 is 0 Å². The summed E-state index contributed by atoms with van der Waals surface area (Å²) in [5, 5.41) is 22.8. The van der Waals surface area contributed by atoms with Crippen molar-refractivity contribution in [3.05, 3.63) is 21.8 Å². The van der Waals surface area contributed by atoms with E-state index >= 15 is 0 Å². The van der Waals surface area contributed by atoms with E-state index in [2.05, 4.69) is 21.6 Å². The number of hydrogen-bond donors (Lipinski definition) is 1. The minimum absolute atomic E-state index is 0.0929. The van der Waals surface area contributed by atoms with Crippen LogP contribution in [0.1, 0.15) is 79.6 Å². The number of hydrogen-bond acceptors (Lipinski definition) is 6. The predicted octanol–water partition coefficient (Wildman–Crippen LogP) is 5.26. The van der Waals surface area contributed by atoms with Gasteiger partial charge in [0.2, 0.25) is 5.91 Å². The van der Waals surface area contributed by atoms with Crippen molar-refractivity contribution in [1.29, 1.82) is 5.26 Å². The van der Waals surface area contributed by atoms with Gasteiger partial charge in [0.15, 0.2) is 5.16 Å². The van der Waals surface area contributed by atoms with Gasteiger partial charge in [0.25, 0.3) is 0 Å². The maximum atomic E-state index is 12.6. The smallest absolute Gasteiger partial charge is 0.235 e. The quantitative estimate of drug-likeness (QED) is 0.453. The molecule has 0 saturated heterocycles. The van der Waals surface area contributed by atoms with Crippen LogP contribution >= 0.6 is 23.1 Å². The number of nitrogens with zero attached hydrogens (tertiary/aromatic N) is 4. The highest BCUT2D eigenvalue weighted by molar-refractivity contribution is 7.99. The average Bonchev–Trinajstić information content (AvgIpc) is 3.20. The van der Waals surface area contributed by atoms with E-state index in [-0.39, 0.29) is 11.7 Å². The van der Waals surface area contributed by atoms with Crippen molar-refractivity contribution < 1.29 is 4.79 Å². The van der Waals surface area contributed by atoms with Crippen LogP contribution < -0.4 is 5.32 Å². The highest BCUT2D eigenvalue weighted by Gasteiger charge is 2.21. The highest BCUT2D eigenvalue weighted by Crippen LogP contribution is 2.37. The molecule has 4 rings (SSSR count). The zero-order valence-corrected chi connectivity index (χ0v) is 19.9. The highest BCUT2D eigenvalue weighted by atomic mass is 32.2. The number of carbonyl (C=O) groups excluding carboxylic acids is 1. The van der Waals surface area contributed by atoms with Gasteiger partial charge in [-0.3, -0.25) is 4.79 Å². The van der Waals surface area contributed by atoms with Gasteiger partial charge in [-0.1, -0.05) is 50.3 Å². The lowest BCUT2D eigenvalue weighted by Crippen LogP contribution is -2.14. The Morgan fingerprint density at radius 3 is 2.77 bits per heavy atom. The van der Waals surface area contributed by atoms with Crippen molar-refractivity contribution in [3.63, 3.8) is 0 Å². The second kappa shape index (κ2) is 10.6. The van der Waals surface area contributed by atoms with E-state index in [1.165, 1.54) is 61.6 Å². The SMILES string of the molecule is Cn1c(CCC2CCCCC2)nnc1SCC(=O)Nc1sc2c(c1C#N)CCCCC2.